The van der Waals surface area contributed by atoms with E-state index >= 15 is 0 Å². The smallest absolute Gasteiger partial charge is 0.258 e. The van der Waals surface area contributed by atoms with Crippen molar-refractivity contribution in [2.75, 3.05) is 0 Å². The Hall–Kier alpha value is -3.96. The molecule has 0 atom stereocenters. The fourth-order valence-corrected chi connectivity index (χ4v) is 3.18. The first kappa shape index (κ1) is 24.3. The predicted molar refractivity (Wildman–Crippen MR) is 116 cm³/mol. The Morgan fingerprint density at radius 1 is 0.500 bits per heavy atom. The number of hydrogen-bond donors (Lipinski definition) is 0. The van der Waals surface area contributed by atoms with Crippen LogP contribution in [0.1, 0.15) is 52.7 Å². The maximum Gasteiger partial charge on any atom is 0.284 e. The number of nitro groups is 4. The van der Waals surface area contributed by atoms with Gasteiger partial charge in [0.25, 0.3) is 22.7 Å². The summed E-state index contributed by atoms with van der Waals surface area (Å²) in [5, 5.41) is 47.5. The minimum Gasteiger partial charge on any atom is -0.258 e. The van der Waals surface area contributed by atoms with Crippen LogP contribution in [0.5, 0.6) is 0 Å². The number of benzene rings is 2. The molecule has 0 N–H and O–H groups in total. The summed E-state index contributed by atoms with van der Waals surface area (Å²) in [6.07, 6.45) is 0. The summed E-state index contributed by atoms with van der Waals surface area (Å²) in [5.74, 6) is 0. The molecule has 0 aromatic heterocycles. The molecule has 2 rings (SSSR count). The van der Waals surface area contributed by atoms with Crippen LogP contribution in [0.4, 0.5) is 22.7 Å². The Balaban J connectivity index is 3.21. The van der Waals surface area contributed by atoms with E-state index in [1.807, 2.05) is 0 Å². The predicted octanol–water partition coefficient (Wildman–Crippen LogP) is 5.58. The summed E-state index contributed by atoms with van der Waals surface area (Å²) >= 11 is 0. The van der Waals surface area contributed by atoms with E-state index in [1.54, 1.807) is 41.5 Å². The van der Waals surface area contributed by atoms with E-state index < -0.39 is 64.4 Å². The summed E-state index contributed by atoms with van der Waals surface area (Å²) in [5.41, 5.74) is -5.83. The second-order valence-corrected chi connectivity index (χ2v) is 9.31. The number of rotatable bonds is 5. The van der Waals surface area contributed by atoms with Gasteiger partial charge in [0, 0.05) is 24.3 Å². The van der Waals surface area contributed by atoms with E-state index in [-0.39, 0.29) is 11.1 Å². The maximum absolute atomic E-state index is 11.9. The van der Waals surface area contributed by atoms with Crippen LogP contribution in [0.25, 0.3) is 11.1 Å². The van der Waals surface area contributed by atoms with Crippen LogP contribution in [0.3, 0.4) is 0 Å². The number of nitrogens with zero attached hydrogens (tertiary/aromatic N) is 4. The van der Waals surface area contributed by atoms with Crippen molar-refractivity contribution in [1.29, 1.82) is 0 Å². The van der Waals surface area contributed by atoms with Crippen LogP contribution in [0, 0.1) is 40.5 Å². The van der Waals surface area contributed by atoms with Gasteiger partial charge in [-0.25, -0.2) is 0 Å². The molecule has 2 aromatic carbocycles. The van der Waals surface area contributed by atoms with Crippen molar-refractivity contribution in [1.82, 2.24) is 0 Å². The lowest BCUT2D eigenvalue weighted by molar-refractivity contribution is -0.397. The van der Waals surface area contributed by atoms with E-state index in [4.69, 9.17) is 0 Å². The Morgan fingerprint density at radius 2 is 0.688 bits per heavy atom. The van der Waals surface area contributed by atoms with Crippen LogP contribution >= 0.6 is 0 Å². The van der Waals surface area contributed by atoms with E-state index in [0.717, 1.165) is 24.3 Å². The standard InChI is InChI=1S/C20H22N4O8/c1-19(2,3)11-7-13(21(25)26)17(14(8-11)22(27)28)18-15(23(29)30)9-12(20(4,5)6)10-16(18)24(31)32/h7-10H,1-6H3. The van der Waals surface area contributed by atoms with E-state index in [9.17, 15) is 40.5 Å². The SMILES string of the molecule is CC(C)(C)c1cc([N+](=O)[O-])c(-c2c([N+](=O)[O-])cc(C(C)(C)C)cc2[N+](=O)[O-])c([N+](=O)[O-])c1. The fourth-order valence-electron chi connectivity index (χ4n) is 3.18. The Bertz CT molecular complexity index is 998. The van der Waals surface area contributed by atoms with Gasteiger partial charge in [-0.3, -0.25) is 40.5 Å². The highest BCUT2D eigenvalue weighted by Gasteiger charge is 2.40. The highest BCUT2D eigenvalue weighted by Crippen LogP contribution is 2.49. The third-order valence-electron chi connectivity index (χ3n) is 4.96. The van der Waals surface area contributed by atoms with Crippen molar-refractivity contribution >= 4 is 22.7 Å². The lowest BCUT2D eigenvalue weighted by atomic mass is 9.82. The molecule has 0 spiro atoms. The molecule has 0 radical (unpaired) electrons. The molecule has 12 nitrogen and oxygen atoms in total. The Labute approximate surface area is 182 Å². The monoisotopic (exact) mass is 446 g/mol. The molecule has 170 valence electrons. The van der Waals surface area contributed by atoms with Gasteiger partial charge < -0.3 is 0 Å². The summed E-state index contributed by atoms with van der Waals surface area (Å²) in [7, 11) is 0. The van der Waals surface area contributed by atoms with E-state index in [1.165, 1.54) is 0 Å². The first-order chi connectivity index (χ1) is 14.5. The quantitative estimate of drug-likeness (QED) is 0.422. The molecule has 0 aliphatic carbocycles. The first-order valence-electron chi connectivity index (χ1n) is 9.41. The zero-order chi connectivity index (χ0) is 24.8. The number of hydrogen-bond acceptors (Lipinski definition) is 8. The van der Waals surface area contributed by atoms with Crippen molar-refractivity contribution in [2.45, 2.75) is 52.4 Å². The van der Waals surface area contributed by atoms with Gasteiger partial charge >= 0.3 is 0 Å². The molecule has 12 heteroatoms. The molecule has 0 unspecified atom stereocenters. The van der Waals surface area contributed by atoms with Gasteiger partial charge in [0.2, 0.25) is 0 Å². The van der Waals surface area contributed by atoms with Gasteiger partial charge in [-0.15, -0.1) is 0 Å². The van der Waals surface area contributed by atoms with Crippen molar-refractivity contribution < 1.29 is 19.7 Å². The maximum atomic E-state index is 11.9. The summed E-state index contributed by atoms with van der Waals surface area (Å²) < 4.78 is 0. The van der Waals surface area contributed by atoms with Gasteiger partial charge in [0.1, 0.15) is 0 Å². The largest absolute Gasteiger partial charge is 0.284 e. The lowest BCUT2D eigenvalue weighted by Crippen LogP contribution is -2.14. The van der Waals surface area contributed by atoms with Gasteiger partial charge in [0.15, 0.2) is 11.1 Å². The van der Waals surface area contributed by atoms with Gasteiger partial charge in [-0.1, -0.05) is 41.5 Å². The third kappa shape index (κ3) is 4.53. The molecular weight excluding hydrogens is 424 g/mol. The Morgan fingerprint density at radius 3 is 0.812 bits per heavy atom. The van der Waals surface area contributed by atoms with Gasteiger partial charge in [-0.2, -0.15) is 0 Å². The van der Waals surface area contributed by atoms with Gasteiger partial charge in [-0.05, 0) is 22.0 Å². The van der Waals surface area contributed by atoms with Crippen LogP contribution < -0.4 is 0 Å². The zero-order valence-electron chi connectivity index (χ0n) is 18.4. The summed E-state index contributed by atoms with van der Waals surface area (Å²) in [6, 6.07) is 4.25. The van der Waals surface area contributed by atoms with Crippen molar-refractivity contribution in [2.24, 2.45) is 0 Å². The average molecular weight is 446 g/mol. The van der Waals surface area contributed by atoms with Crippen LogP contribution in [0.2, 0.25) is 0 Å². The summed E-state index contributed by atoms with van der Waals surface area (Å²) in [6.45, 7) is 10.1. The van der Waals surface area contributed by atoms with E-state index in [0.29, 0.717) is 0 Å². The first-order valence-corrected chi connectivity index (χ1v) is 9.41. The van der Waals surface area contributed by atoms with Crippen molar-refractivity contribution in [3.05, 3.63) is 75.8 Å². The molecule has 0 aliphatic heterocycles. The zero-order valence-corrected chi connectivity index (χ0v) is 18.4. The van der Waals surface area contributed by atoms with Gasteiger partial charge in [0.05, 0.1) is 19.7 Å². The molecule has 0 fully saturated rings. The second kappa shape index (κ2) is 7.94. The minimum atomic E-state index is -0.928. The molecule has 0 saturated heterocycles. The minimum absolute atomic E-state index is 0.233. The molecule has 0 saturated carbocycles. The van der Waals surface area contributed by atoms with E-state index in [2.05, 4.69) is 0 Å². The third-order valence-corrected chi connectivity index (χ3v) is 4.96. The highest BCUT2D eigenvalue weighted by molar-refractivity contribution is 5.93. The van der Waals surface area contributed by atoms with Crippen molar-refractivity contribution in [3.63, 3.8) is 0 Å². The normalized spacial score (nSPS) is 11.8. The average Bonchev–Trinajstić information content (AvgIpc) is 2.63. The highest BCUT2D eigenvalue weighted by atomic mass is 16.6. The second-order valence-electron chi connectivity index (χ2n) is 9.31. The lowest BCUT2D eigenvalue weighted by Gasteiger charge is -2.21. The molecule has 0 aliphatic rings. The molecule has 0 heterocycles. The fraction of sp³-hybridized carbons (Fsp3) is 0.400. The van der Waals surface area contributed by atoms with Crippen LogP contribution in [-0.2, 0) is 10.8 Å². The van der Waals surface area contributed by atoms with Crippen LogP contribution in [-0.4, -0.2) is 19.7 Å². The van der Waals surface area contributed by atoms with Crippen molar-refractivity contribution in [3.8, 4) is 11.1 Å². The summed E-state index contributed by atoms with van der Waals surface area (Å²) in [4.78, 5) is 43.8. The number of nitro benzene ring substituents is 4. The van der Waals surface area contributed by atoms with Crippen LogP contribution in [0.15, 0.2) is 24.3 Å². The molecule has 0 bridgehead atoms. The molecular formula is C20H22N4O8. The molecule has 0 amide bonds. The topological polar surface area (TPSA) is 173 Å². The Kier molecular flexibility index (Phi) is 6.04. The molecule has 2 aromatic rings. The molecule has 32 heavy (non-hydrogen) atoms.